The van der Waals surface area contributed by atoms with E-state index in [1.807, 2.05) is 40.1 Å². The summed E-state index contributed by atoms with van der Waals surface area (Å²) in [4.78, 5) is 30.0. The maximum absolute atomic E-state index is 13.2. The zero-order chi connectivity index (χ0) is 17.3. The first kappa shape index (κ1) is 16.6. The Morgan fingerprint density at radius 2 is 1.68 bits per heavy atom. The molecule has 3 saturated heterocycles. The Balaban J connectivity index is 1.58. The summed E-state index contributed by atoms with van der Waals surface area (Å²) in [6.45, 7) is 4.34. The smallest absolute Gasteiger partial charge is 0.253 e. The minimum atomic E-state index is -0.109. The zero-order valence-electron chi connectivity index (χ0n) is 14.7. The van der Waals surface area contributed by atoms with E-state index in [-0.39, 0.29) is 23.1 Å². The molecule has 0 saturated carbocycles. The third-order valence-corrected chi connectivity index (χ3v) is 6.16. The Labute approximate surface area is 148 Å². The van der Waals surface area contributed by atoms with E-state index in [0.29, 0.717) is 31.9 Å². The normalized spacial score (nSPS) is 25.5. The number of carbonyl (C=O) groups is 2. The van der Waals surface area contributed by atoms with Crippen LogP contribution in [0.15, 0.2) is 30.3 Å². The van der Waals surface area contributed by atoms with Crippen molar-refractivity contribution in [2.45, 2.75) is 25.7 Å². The molecule has 1 aromatic rings. The van der Waals surface area contributed by atoms with Crippen molar-refractivity contribution in [3.63, 3.8) is 0 Å². The van der Waals surface area contributed by atoms with Gasteiger partial charge in [-0.15, -0.1) is 0 Å². The van der Waals surface area contributed by atoms with Crippen molar-refractivity contribution in [1.29, 1.82) is 0 Å². The summed E-state index contributed by atoms with van der Waals surface area (Å²) in [7, 11) is 0. The number of hydrogen-bond donors (Lipinski definition) is 0. The molecule has 4 rings (SSSR count). The molecule has 0 unspecified atom stereocenters. The van der Waals surface area contributed by atoms with Crippen LogP contribution in [0.5, 0.6) is 0 Å². The molecule has 1 atom stereocenters. The number of likely N-dealkylation sites (tertiary alicyclic amines) is 2. The second-order valence-corrected chi connectivity index (χ2v) is 7.61. The average molecular weight is 342 g/mol. The van der Waals surface area contributed by atoms with Gasteiger partial charge < -0.3 is 14.5 Å². The first-order valence-corrected chi connectivity index (χ1v) is 9.40. The molecule has 0 aliphatic carbocycles. The second-order valence-electron chi connectivity index (χ2n) is 7.61. The Bertz CT molecular complexity index is 634. The van der Waals surface area contributed by atoms with E-state index in [4.69, 9.17) is 4.74 Å². The van der Waals surface area contributed by atoms with Crippen molar-refractivity contribution in [2.24, 2.45) is 11.3 Å². The highest BCUT2D eigenvalue weighted by Crippen LogP contribution is 2.45. The summed E-state index contributed by atoms with van der Waals surface area (Å²) in [6, 6.07) is 9.41. The lowest BCUT2D eigenvalue weighted by Gasteiger charge is -2.38. The van der Waals surface area contributed by atoms with Gasteiger partial charge in [-0.1, -0.05) is 18.2 Å². The zero-order valence-corrected chi connectivity index (χ0v) is 14.7. The summed E-state index contributed by atoms with van der Waals surface area (Å²) >= 11 is 0. The van der Waals surface area contributed by atoms with Crippen LogP contribution in [-0.2, 0) is 9.53 Å². The van der Waals surface area contributed by atoms with E-state index in [9.17, 15) is 9.59 Å². The van der Waals surface area contributed by atoms with Crippen LogP contribution < -0.4 is 0 Å². The van der Waals surface area contributed by atoms with E-state index in [1.165, 1.54) is 0 Å². The molecule has 1 spiro atoms. The van der Waals surface area contributed by atoms with Gasteiger partial charge >= 0.3 is 0 Å². The number of nitrogens with zero attached hydrogens (tertiary/aromatic N) is 2. The molecule has 3 heterocycles. The van der Waals surface area contributed by atoms with Gasteiger partial charge in [-0.2, -0.15) is 0 Å². The Kier molecular flexibility index (Phi) is 4.50. The number of hydrogen-bond acceptors (Lipinski definition) is 3. The summed E-state index contributed by atoms with van der Waals surface area (Å²) < 4.78 is 5.56. The van der Waals surface area contributed by atoms with E-state index < -0.39 is 0 Å². The molecular formula is C20H26N2O3. The minimum Gasteiger partial charge on any atom is -0.381 e. The first-order valence-electron chi connectivity index (χ1n) is 9.40. The van der Waals surface area contributed by atoms with Crippen molar-refractivity contribution in [3.8, 4) is 0 Å². The van der Waals surface area contributed by atoms with Crippen LogP contribution in [0.3, 0.4) is 0 Å². The maximum atomic E-state index is 13.2. The molecule has 0 radical (unpaired) electrons. The summed E-state index contributed by atoms with van der Waals surface area (Å²) in [5.74, 6) is 0.216. The van der Waals surface area contributed by atoms with E-state index in [1.54, 1.807) is 0 Å². The molecule has 2 amide bonds. The third kappa shape index (κ3) is 3.06. The van der Waals surface area contributed by atoms with Crippen LogP contribution in [0.1, 0.15) is 36.0 Å². The quantitative estimate of drug-likeness (QED) is 0.828. The SMILES string of the molecule is O=C(c1ccccc1)N1C[C@@H](C(=O)N2CCCC2)C2(CCOCC2)C1. The Morgan fingerprint density at radius 3 is 2.36 bits per heavy atom. The van der Waals surface area contributed by atoms with Crippen molar-refractivity contribution >= 4 is 11.8 Å². The van der Waals surface area contributed by atoms with Gasteiger partial charge in [0, 0.05) is 50.4 Å². The summed E-state index contributed by atoms with van der Waals surface area (Å²) in [6.07, 6.45) is 3.94. The van der Waals surface area contributed by atoms with Crippen molar-refractivity contribution in [1.82, 2.24) is 9.80 Å². The fourth-order valence-electron chi connectivity index (χ4n) is 4.67. The molecule has 0 N–H and O–H groups in total. The largest absolute Gasteiger partial charge is 0.381 e. The monoisotopic (exact) mass is 342 g/mol. The minimum absolute atomic E-state index is 0.0446. The Hall–Kier alpha value is -1.88. The highest BCUT2D eigenvalue weighted by Gasteiger charge is 2.52. The molecule has 3 aliphatic heterocycles. The number of ether oxygens (including phenoxy) is 1. The van der Waals surface area contributed by atoms with Gasteiger partial charge in [0.05, 0.1) is 5.92 Å². The topological polar surface area (TPSA) is 49.9 Å². The molecule has 134 valence electrons. The van der Waals surface area contributed by atoms with Crippen LogP contribution in [0.2, 0.25) is 0 Å². The lowest BCUT2D eigenvalue weighted by atomic mass is 9.71. The van der Waals surface area contributed by atoms with Crippen molar-refractivity contribution in [2.75, 3.05) is 39.4 Å². The van der Waals surface area contributed by atoms with Crippen LogP contribution in [-0.4, -0.2) is 61.0 Å². The summed E-state index contributed by atoms with van der Waals surface area (Å²) in [5.41, 5.74) is 0.599. The van der Waals surface area contributed by atoms with E-state index in [2.05, 4.69) is 0 Å². The van der Waals surface area contributed by atoms with Crippen molar-refractivity contribution in [3.05, 3.63) is 35.9 Å². The fourth-order valence-corrected chi connectivity index (χ4v) is 4.67. The van der Waals surface area contributed by atoms with Crippen molar-refractivity contribution < 1.29 is 14.3 Å². The average Bonchev–Trinajstić information content (AvgIpc) is 3.31. The summed E-state index contributed by atoms with van der Waals surface area (Å²) in [5, 5.41) is 0. The van der Waals surface area contributed by atoms with Gasteiger partial charge in [-0.3, -0.25) is 9.59 Å². The molecule has 3 fully saturated rings. The van der Waals surface area contributed by atoms with Gasteiger partial charge in [0.2, 0.25) is 5.91 Å². The van der Waals surface area contributed by atoms with E-state index >= 15 is 0 Å². The van der Waals surface area contributed by atoms with Crippen LogP contribution >= 0.6 is 0 Å². The van der Waals surface area contributed by atoms with Crippen LogP contribution in [0.4, 0.5) is 0 Å². The molecule has 0 bridgehead atoms. The molecular weight excluding hydrogens is 316 g/mol. The number of benzene rings is 1. The van der Waals surface area contributed by atoms with Crippen LogP contribution in [0, 0.1) is 11.3 Å². The second kappa shape index (κ2) is 6.79. The number of rotatable bonds is 2. The molecule has 3 aliphatic rings. The lowest BCUT2D eigenvalue weighted by Crippen LogP contribution is -2.45. The predicted octanol–water partition coefficient (Wildman–Crippen LogP) is 2.18. The standard InChI is InChI=1S/C20H26N2O3/c23-18(16-6-2-1-3-7-16)22-14-17(19(24)21-10-4-5-11-21)20(15-22)8-12-25-13-9-20/h1-3,6-7,17H,4-5,8-15H2/t17-/m0/s1. The van der Waals surface area contributed by atoms with Gasteiger partial charge in [0.15, 0.2) is 0 Å². The predicted molar refractivity (Wildman–Crippen MR) is 94.1 cm³/mol. The maximum Gasteiger partial charge on any atom is 0.253 e. The Morgan fingerprint density at radius 1 is 1.00 bits per heavy atom. The van der Waals surface area contributed by atoms with Crippen LogP contribution in [0.25, 0.3) is 0 Å². The fraction of sp³-hybridized carbons (Fsp3) is 0.600. The molecule has 1 aromatic carbocycles. The van der Waals surface area contributed by atoms with Gasteiger partial charge in [-0.05, 0) is 37.8 Å². The van der Waals surface area contributed by atoms with Gasteiger partial charge in [0.25, 0.3) is 5.91 Å². The number of amides is 2. The molecule has 5 heteroatoms. The highest BCUT2D eigenvalue weighted by molar-refractivity contribution is 5.95. The lowest BCUT2D eigenvalue weighted by molar-refractivity contribution is -0.139. The molecule has 0 aromatic heterocycles. The van der Waals surface area contributed by atoms with E-state index in [0.717, 1.165) is 38.8 Å². The molecule has 5 nitrogen and oxygen atoms in total. The third-order valence-electron chi connectivity index (χ3n) is 6.16. The first-order chi connectivity index (χ1) is 12.2. The highest BCUT2D eigenvalue weighted by atomic mass is 16.5. The molecule has 25 heavy (non-hydrogen) atoms. The van der Waals surface area contributed by atoms with Gasteiger partial charge in [0.1, 0.15) is 0 Å². The number of carbonyl (C=O) groups excluding carboxylic acids is 2. The van der Waals surface area contributed by atoms with Gasteiger partial charge in [-0.25, -0.2) is 0 Å².